The van der Waals surface area contributed by atoms with Gasteiger partial charge < -0.3 is 20.1 Å². The Morgan fingerprint density at radius 1 is 1.27 bits per heavy atom. The molecular formula is C22H25N9O2. The maximum Gasteiger partial charge on any atom is 0.251 e. The summed E-state index contributed by atoms with van der Waals surface area (Å²) in [4.78, 5) is 24.8. The number of nitrogens with zero attached hydrogens (tertiary/aromatic N) is 6. The maximum atomic E-state index is 13.3. The lowest BCUT2D eigenvalue weighted by Crippen LogP contribution is -2.51. The van der Waals surface area contributed by atoms with Gasteiger partial charge in [-0.25, -0.2) is 0 Å². The highest BCUT2D eigenvalue weighted by Crippen LogP contribution is 2.40. The molecule has 11 nitrogen and oxygen atoms in total. The van der Waals surface area contributed by atoms with Crippen LogP contribution in [0.1, 0.15) is 50.0 Å². The predicted molar refractivity (Wildman–Crippen MR) is 122 cm³/mol. The van der Waals surface area contributed by atoms with Crippen molar-refractivity contribution in [1.82, 2.24) is 29.7 Å². The van der Waals surface area contributed by atoms with Crippen molar-refractivity contribution in [2.45, 2.75) is 51.0 Å². The molecule has 5 heterocycles. The van der Waals surface area contributed by atoms with Crippen LogP contribution >= 0.6 is 0 Å². The summed E-state index contributed by atoms with van der Waals surface area (Å²) in [5.74, 6) is 3.25. The molecule has 4 aromatic rings. The molecule has 0 unspecified atom stereocenters. The van der Waals surface area contributed by atoms with Crippen molar-refractivity contribution >= 4 is 35.1 Å². The third kappa shape index (κ3) is 3.49. The Bertz CT molecular complexity index is 1330. The number of amides is 1. The van der Waals surface area contributed by atoms with Crippen LogP contribution in [0.2, 0.25) is 0 Å². The van der Waals surface area contributed by atoms with Crippen molar-refractivity contribution in [3.8, 4) is 0 Å². The lowest BCUT2D eigenvalue weighted by atomic mass is 9.98. The first-order valence-corrected chi connectivity index (χ1v) is 11.2. The normalized spacial score (nSPS) is 20.5. The van der Waals surface area contributed by atoms with Gasteiger partial charge in [0.1, 0.15) is 16.9 Å². The van der Waals surface area contributed by atoms with E-state index in [-0.39, 0.29) is 5.91 Å². The minimum atomic E-state index is -0.819. The molecule has 1 aliphatic carbocycles. The Hall–Kier alpha value is -3.89. The second-order valence-electron chi connectivity index (χ2n) is 9.00. The fourth-order valence-corrected chi connectivity index (χ4v) is 4.44. The molecule has 1 saturated heterocycles. The highest BCUT2D eigenvalue weighted by molar-refractivity contribution is 5.99. The van der Waals surface area contributed by atoms with Crippen molar-refractivity contribution < 1.29 is 9.32 Å². The van der Waals surface area contributed by atoms with Crippen molar-refractivity contribution in [2.75, 3.05) is 22.1 Å². The van der Waals surface area contributed by atoms with Gasteiger partial charge in [-0.2, -0.15) is 15.1 Å². The van der Waals surface area contributed by atoms with Crippen LogP contribution in [0.3, 0.4) is 0 Å². The third-order valence-corrected chi connectivity index (χ3v) is 6.47. The first kappa shape index (κ1) is 19.8. The third-order valence-electron chi connectivity index (χ3n) is 6.47. The summed E-state index contributed by atoms with van der Waals surface area (Å²) in [5, 5.41) is 17.6. The molecule has 0 bridgehead atoms. The number of aryl methyl sites for hydroxylation is 1. The molecule has 170 valence electrons. The Labute approximate surface area is 189 Å². The fourth-order valence-electron chi connectivity index (χ4n) is 4.44. The number of anilines is 4. The van der Waals surface area contributed by atoms with E-state index < -0.39 is 5.54 Å². The molecule has 0 radical (unpaired) electrons. The number of rotatable bonds is 6. The molecule has 2 fully saturated rings. The lowest BCUT2D eigenvalue weighted by Gasteiger charge is -2.33. The van der Waals surface area contributed by atoms with E-state index in [0.29, 0.717) is 48.2 Å². The highest BCUT2D eigenvalue weighted by atomic mass is 16.5. The van der Waals surface area contributed by atoms with Gasteiger partial charge >= 0.3 is 0 Å². The van der Waals surface area contributed by atoms with Gasteiger partial charge in [-0.05, 0) is 51.7 Å². The topological polar surface area (TPSA) is 129 Å². The monoisotopic (exact) mass is 447 g/mol. The van der Waals surface area contributed by atoms with Crippen molar-refractivity contribution in [3.05, 3.63) is 41.9 Å². The average Bonchev–Trinajstić information content (AvgIpc) is 3.17. The van der Waals surface area contributed by atoms with Crippen LogP contribution in [-0.4, -0.2) is 47.7 Å². The number of carbonyl (C=O) groups excluding carboxylic acids is 1. The molecule has 4 aromatic heterocycles. The number of aromatic amines is 1. The summed E-state index contributed by atoms with van der Waals surface area (Å²) in [5.41, 5.74) is 1.06. The molecule has 0 spiro atoms. The van der Waals surface area contributed by atoms with Gasteiger partial charge in [0, 0.05) is 36.5 Å². The van der Waals surface area contributed by atoms with E-state index in [0.717, 1.165) is 17.8 Å². The quantitative estimate of drug-likeness (QED) is 0.410. The zero-order valence-corrected chi connectivity index (χ0v) is 18.5. The molecule has 0 aromatic carbocycles. The SMILES string of the molecule is Cc1cc(NC(=O)[C@]2(C)CCCN2c2nc(Nc3cc(C4CC4)[nH]n3)n3cccc3n2)no1. The van der Waals surface area contributed by atoms with Crippen molar-refractivity contribution in [1.29, 1.82) is 0 Å². The van der Waals surface area contributed by atoms with Gasteiger partial charge in [0.15, 0.2) is 11.6 Å². The summed E-state index contributed by atoms with van der Waals surface area (Å²) in [6.07, 6.45) is 5.83. The number of H-pyrrole nitrogens is 1. The Morgan fingerprint density at radius 2 is 2.15 bits per heavy atom. The van der Waals surface area contributed by atoms with E-state index >= 15 is 0 Å². The van der Waals surface area contributed by atoms with Crippen LogP contribution in [0, 0.1) is 6.92 Å². The number of hydrogen-bond acceptors (Lipinski definition) is 8. The molecule has 2 aliphatic rings. The Kier molecular flexibility index (Phi) is 4.39. The molecule has 33 heavy (non-hydrogen) atoms. The largest absolute Gasteiger partial charge is 0.360 e. The predicted octanol–water partition coefficient (Wildman–Crippen LogP) is 3.37. The van der Waals surface area contributed by atoms with Crippen LogP contribution in [0.5, 0.6) is 0 Å². The number of hydrogen-bond donors (Lipinski definition) is 3. The summed E-state index contributed by atoms with van der Waals surface area (Å²) in [6.45, 7) is 4.37. The Balaban J connectivity index is 1.32. The van der Waals surface area contributed by atoms with Crippen LogP contribution in [0.25, 0.3) is 5.65 Å². The summed E-state index contributed by atoms with van der Waals surface area (Å²) in [7, 11) is 0. The van der Waals surface area contributed by atoms with Gasteiger partial charge in [-0.1, -0.05) is 5.16 Å². The first-order valence-electron chi connectivity index (χ1n) is 11.2. The average molecular weight is 448 g/mol. The molecule has 11 heteroatoms. The number of fused-ring (bicyclic) bond motifs is 1. The first-order chi connectivity index (χ1) is 16.0. The van der Waals surface area contributed by atoms with Gasteiger partial charge in [0.25, 0.3) is 5.91 Å². The number of carbonyl (C=O) groups is 1. The van der Waals surface area contributed by atoms with E-state index in [1.54, 1.807) is 13.0 Å². The minimum Gasteiger partial charge on any atom is -0.360 e. The summed E-state index contributed by atoms with van der Waals surface area (Å²) in [6, 6.07) is 7.57. The zero-order chi connectivity index (χ0) is 22.6. The molecule has 3 N–H and O–H groups in total. The smallest absolute Gasteiger partial charge is 0.251 e. The number of nitrogens with one attached hydrogen (secondary N) is 3. The fraction of sp³-hybridized carbons (Fsp3) is 0.409. The minimum absolute atomic E-state index is 0.164. The summed E-state index contributed by atoms with van der Waals surface area (Å²) < 4.78 is 6.96. The van der Waals surface area contributed by atoms with Crippen LogP contribution in [0.4, 0.5) is 23.5 Å². The molecule has 1 amide bonds. The van der Waals surface area contributed by atoms with E-state index in [4.69, 9.17) is 14.5 Å². The molecule has 1 aliphatic heterocycles. The second kappa shape index (κ2) is 7.32. The molecular weight excluding hydrogens is 422 g/mol. The van der Waals surface area contributed by atoms with Crippen LogP contribution in [-0.2, 0) is 4.79 Å². The standard InChI is InChI=1S/C22H25N9O2/c1-13-11-17(29-33-13)23-19(32)22(2)8-4-10-31(22)21-25-18-5-3-9-30(18)20(26-21)24-16-12-15(27-28-16)14-6-7-14/h3,5,9,11-12,14H,4,6-8,10H2,1-2H3,(H,23,29,32)(H2,24,25,26,27,28)/t22-/m0/s1. The highest BCUT2D eigenvalue weighted by Gasteiger charge is 2.45. The summed E-state index contributed by atoms with van der Waals surface area (Å²) >= 11 is 0. The maximum absolute atomic E-state index is 13.3. The van der Waals surface area contributed by atoms with Gasteiger partial charge in [0.05, 0.1) is 0 Å². The van der Waals surface area contributed by atoms with E-state index in [2.05, 4.69) is 26.0 Å². The van der Waals surface area contributed by atoms with E-state index in [9.17, 15) is 4.79 Å². The van der Waals surface area contributed by atoms with Gasteiger partial charge in [-0.3, -0.25) is 14.3 Å². The van der Waals surface area contributed by atoms with Gasteiger partial charge in [-0.15, -0.1) is 0 Å². The molecule has 6 rings (SSSR count). The Morgan fingerprint density at radius 3 is 2.94 bits per heavy atom. The zero-order valence-electron chi connectivity index (χ0n) is 18.5. The molecule has 1 saturated carbocycles. The van der Waals surface area contributed by atoms with E-state index in [1.165, 1.54) is 12.8 Å². The molecule has 1 atom stereocenters. The van der Waals surface area contributed by atoms with Crippen molar-refractivity contribution in [2.24, 2.45) is 0 Å². The second-order valence-corrected chi connectivity index (χ2v) is 9.00. The van der Waals surface area contributed by atoms with E-state index in [1.807, 2.05) is 40.6 Å². The van der Waals surface area contributed by atoms with Crippen LogP contribution in [0.15, 0.2) is 35.0 Å². The van der Waals surface area contributed by atoms with Crippen LogP contribution < -0.4 is 15.5 Å². The van der Waals surface area contributed by atoms with Crippen molar-refractivity contribution in [3.63, 3.8) is 0 Å². The van der Waals surface area contributed by atoms with Gasteiger partial charge in [0.2, 0.25) is 11.9 Å². The number of aromatic nitrogens is 6. The lowest BCUT2D eigenvalue weighted by molar-refractivity contribution is -0.120.